The second-order valence-electron chi connectivity index (χ2n) is 6.61. The Hall–Kier alpha value is -3.15. The van der Waals surface area contributed by atoms with E-state index in [2.05, 4.69) is 26.9 Å². The molecule has 0 aliphatic heterocycles. The molecule has 1 heterocycles. The number of thiocarbonyl (C=S) groups is 1. The van der Waals surface area contributed by atoms with Crippen LogP contribution in [0.5, 0.6) is 0 Å². The number of nitrogens with zero attached hydrogens (tertiary/aromatic N) is 1. The van der Waals surface area contributed by atoms with Gasteiger partial charge in [0.1, 0.15) is 0 Å². The maximum atomic E-state index is 6.05. The van der Waals surface area contributed by atoms with Crippen LogP contribution in [-0.4, -0.2) is 16.3 Å². The molecule has 4 rings (SSSR count). The zero-order valence-electron chi connectivity index (χ0n) is 15.7. The molecule has 3 aromatic carbocycles. The summed E-state index contributed by atoms with van der Waals surface area (Å²) in [5.41, 5.74) is 9.00. The molecule has 0 bridgehead atoms. The largest absolute Gasteiger partial charge is 0.354 e. The average molecular weight is 419 g/mol. The van der Waals surface area contributed by atoms with E-state index in [1.54, 1.807) is 6.21 Å². The average Bonchev–Trinajstić information content (AvgIpc) is 3.09. The van der Waals surface area contributed by atoms with Crippen LogP contribution in [0.25, 0.3) is 22.2 Å². The summed E-state index contributed by atoms with van der Waals surface area (Å²) in [5, 5.41) is 9.75. The van der Waals surface area contributed by atoms with Crippen LogP contribution < -0.4 is 10.7 Å². The van der Waals surface area contributed by atoms with Gasteiger partial charge < -0.3 is 10.3 Å². The fourth-order valence-corrected chi connectivity index (χ4v) is 3.45. The molecule has 144 valence electrons. The molecule has 6 heteroatoms. The maximum absolute atomic E-state index is 6.05. The van der Waals surface area contributed by atoms with Crippen LogP contribution in [0.4, 0.5) is 5.69 Å². The first kappa shape index (κ1) is 19.2. The molecule has 4 aromatic rings. The minimum Gasteiger partial charge on any atom is -0.354 e. The fraction of sp³-hybridized carbons (Fsp3) is 0.0435. The van der Waals surface area contributed by atoms with Gasteiger partial charge in [-0.15, -0.1) is 0 Å². The number of nitrogens with one attached hydrogen (secondary N) is 3. The van der Waals surface area contributed by atoms with Crippen LogP contribution in [0.2, 0.25) is 5.02 Å². The Kier molecular flexibility index (Phi) is 5.60. The van der Waals surface area contributed by atoms with Crippen molar-refractivity contribution < 1.29 is 0 Å². The smallest absolute Gasteiger partial charge is 0.191 e. The lowest BCUT2D eigenvalue weighted by Crippen LogP contribution is -2.24. The molecule has 0 saturated carbocycles. The van der Waals surface area contributed by atoms with Crippen LogP contribution in [0.1, 0.15) is 11.1 Å². The molecule has 0 aliphatic carbocycles. The maximum Gasteiger partial charge on any atom is 0.191 e. The number of para-hydroxylation sites is 2. The van der Waals surface area contributed by atoms with E-state index >= 15 is 0 Å². The van der Waals surface area contributed by atoms with Crippen LogP contribution in [-0.2, 0) is 0 Å². The van der Waals surface area contributed by atoms with E-state index in [0.717, 1.165) is 39.0 Å². The normalized spacial score (nSPS) is 11.1. The monoisotopic (exact) mass is 418 g/mol. The third kappa shape index (κ3) is 4.31. The van der Waals surface area contributed by atoms with Crippen LogP contribution >= 0.6 is 23.8 Å². The van der Waals surface area contributed by atoms with Crippen molar-refractivity contribution in [2.24, 2.45) is 5.10 Å². The molecule has 1 aromatic heterocycles. The third-order valence-electron chi connectivity index (χ3n) is 4.63. The van der Waals surface area contributed by atoms with Gasteiger partial charge in [0.25, 0.3) is 0 Å². The van der Waals surface area contributed by atoms with Crippen molar-refractivity contribution in [1.82, 2.24) is 10.4 Å². The zero-order chi connectivity index (χ0) is 20.2. The number of aromatic amines is 1. The Morgan fingerprint density at radius 2 is 1.72 bits per heavy atom. The third-order valence-corrected chi connectivity index (χ3v) is 5.08. The second kappa shape index (κ2) is 8.47. The summed E-state index contributed by atoms with van der Waals surface area (Å²) < 4.78 is 0. The Morgan fingerprint density at radius 3 is 2.52 bits per heavy atom. The minimum absolute atomic E-state index is 0.434. The minimum atomic E-state index is 0.434. The molecule has 0 fully saturated rings. The van der Waals surface area contributed by atoms with E-state index in [0.29, 0.717) is 10.1 Å². The zero-order valence-corrected chi connectivity index (χ0v) is 17.3. The lowest BCUT2D eigenvalue weighted by atomic mass is 10.1. The molecule has 0 radical (unpaired) electrons. The molecule has 0 spiro atoms. The summed E-state index contributed by atoms with van der Waals surface area (Å²) in [6.45, 7) is 2.03. The fourth-order valence-electron chi connectivity index (χ4n) is 3.16. The van der Waals surface area contributed by atoms with Crippen molar-refractivity contribution >= 4 is 51.7 Å². The number of fused-ring (bicyclic) bond motifs is 1. The first-order chi connectivity index (χ1) is 14.1. The topological polar surface area (TPSA) is 52.2 Å². The molecular weight excluding hydrogens is 400 g/mol. The van der Waals surface area contributed by atoms with Gasteiger partial charge in [-0.1, -0.05) is 60.1 Å². The van der Waals surface area contributed by atoms with Crippen molar-refractivity contribution in [2.45, 2.75) is 6.92 Å². The molecule has 29 heavy (non-hydrogen) atoms. The number of halogens is 1. The first-order valence-electron chi connectivity index (χ1n) is 9.14. The van der Waals surface area contributed by atoms with Crippen LogP contribution in [0.15, 0.2) is 77.9 Å². The van der Waals surface area contributed by atoms with Gasteiger partial charge >= 0.3 is 0 Å². The van der Waals surface area contributed by atoms with Gasteiger partial charge in [-0.05, 0) is 54.5 Å². The van der Waals surface area contributed by atoms with Crippen molar-refractivity contribution in [3.8, 4) is 11.3 Å². The Morgan fingerprint density at radius 1 is 1.00 bits per heavy atom. The Bertz CT molecular complexity index is 1200. The van der Waals surface area contributed by atoms with Gasteiger partial charge in [-0.25, -0.2) is 0 Å². The van der Waals surface area contributed by atoms with Crippen molar-refractivity contribution in [3.63, 3.8) is 0 Å². The Labute approximate surface area is 179 Å². The first-order valence-corrected chi connectivity index (χ1v) is 9.93. The van der Waals surface area contributed by atoms with Crippen molar-refractivity contribution in [2.75, 3.05) is 5.32 Å². The van der Waals surface area contributed by atoms with E-state index in [1.807, 2.05) is 73.7 Å². The highest BCUT2D eigenvalue weighted by Crippen LogP contribution is 2.29. The molecule has 3 N–H and O–H groups in total. The highest BCUT2D eigenvalue weighted by atomic mass is 35.5. The van der Waals surface area contributed by atoms with Crippen LogP contribution in [0, 0.1) is 6.92 Å². The molecule has 0 aliphatic rings. The second-order valence-corrected chi connectivity index (χ2v) is 7.45. The molecule has 4 nitrogen and oxygen atoms in total. The molecule has 0 saturated heterocycles. The Balaban J connectivity index is 1.60. The van der Waals surface area contributed by atoms with Gasteiger partial charge in [0.05, 0.1) is 11.9 Å². The van der Waals surface area contributed by atoms with Gasteiger partial charge in [-0.3, -0.25) is 5.43 Å². The van der Waals surface area contributed by atoms with Gasteiger partial charge in [0.2, 0.25) is 0 Å². The summed E-state index contributed by atoms with van der Waals surface area (Å²) in [4.78, 5) is 3.47. The lowest BCUT2D eigenvalue weighted by Gasteiger charge is -2.09. The van der Waals surface area contributed by atoms with Gasteiger partial charge in [-0.2, -0.15) is 5.10 Å². The van der Waals surface area contributed by atoms with Crippen molar-refractivity contribution in [1.29, 1.82) is 0 Å². The van der Waals surface area contributed by atoms with Crippen molar-refractivity contribution in [3.05, 3.63) is 88.9 Å². The highest BCUT2D eigenvalue weighted by molar-refractivity contribution is 7.80. The van der Waals surface area contributed by atoms with E-state index in [-0.39, 0.29) is 0 Å². The van der Waals surface area contributed by atoms with Gasteiger partial charge in [0, 0.05) is 27.2 Å². The summed E-state index contributed by atoms with van der Waals surface area (Å²) in [7, 11) is 0. The predicted octanol–water partition coefficient (Wildman–Crippen LogP) is 6.12. The number of aryl methyl sites for hydroxylation is 1. The SMILES string of the molecule is Cc1ccccc1NC(=S)N/N=C/c1c(-c2ccc(Cl)cc2)[nH]c2ccccc12. The summed E-state index contributed by atoms with van der Waals surface area (Å²) in [6, 6.07) is 23.8. The van der Waals surface area contributed by atoms with Gasteiger partial charge in [0.15, 0.2) is 5.11 Å². The van der Waals surface area contributed by atoms with E-state index in [9.17, 15) is 0 Å². The number of hydrazone groups is 1. The molecule has 0 atom stereocenters. The number of aromatic nitrogens is 1. The molecular formula is C23H19ClN4S. The van der Waals surface area contributed by atoms with E-state index in [4.69, 9.17) is 23.8 Å². The van der Waals surface area contributed by atoms with E-state index < -0.39 is 0 Å². The van der Waals surface area contributed by atoms with E-state index in [1.165, 1.54) is 0 Å². The number of rotatable bonds is 4. The number of hydrogen-bond donors (Lipinski definition) is 3. The molecule has 0 amide bonds. The predicted molar refractivity (Wildman–Crippen MR) is 127 cm³/mol. The summed E-state index contributed by atoms with van der Waals surface area (Å²) in [5.74, 6) is 0. The number of hydrogen-bond acceptors (Lipinski definition) is 2. The number of H-pyrrole nitrogens is 1. The van der Waals surface area contributed by atoms with Crippen LogP contribution in [0.3, 0.4) is 0 Å². The number of benzene rings is 3. The standard InChI is InChI=1S/C23H19ClN4S/c1-15-6-2-4-8-20(15)27-23(29)28-25-14-19-18-7-3-5-9-21(18)26-22(19)16-10-12-17(24)13-11-16/h2-14,26H,1H3,(H2,27,28,29)/b25-14+. The number of anilines is 1. The summed E-state index contributed by atoms with van der Waals surface area (Å²) >= 11 is 11.4. The lowest BCUT2D eigenvalue weighted by molar-refractivity contribution is 1.05. The quantitative estimate of drug-likeness (QED) is 0.212. The summed E-state index contributed by atoms with van der Waals surface area (Å²) in [6.07, 6.45) is 1.79. The molecule has 0 unspecified atom stereocenters. The highest BCUT2D eigenvalue weighted by Gasteiger charge is 2.11.